The SMILES string of the molecule is C[C@H](CC(=O)COCCOCCNC(=O)CC[C@@H]1NC(=O)[C@@H](CCCN=C(N)N)NC(=O)[C@H](CCCN=C(N)N)NC(=O)[C@@H](/C=C/CN=C(N)N)NC(=O)[C@H](CCCN=C(N)N)NC(=O)[C@H](Cc2ccc3ccccc3c2)NC(=O)C(Cc2ccccc2)NC1=O)C(N)=O. The molecule has 94 heavy (non-hydrogen) atoms. The van der Waals surface area contributed by atoms with Crippen LogP contribution in [0.5, 0.6) is 0 Å². The van der Waals surface area contributed by atoms with Crippen molar-refractivity contribution in [3.8, 4) is 0 Å². The van der Waals surface area contributed by atoms with Crippen molar-refractivity contribution >= 4 is 93.6 Å². The minimum atomic E-state index is -1.62. The van der Waals surface area contributed by atoms with Crippen molar-refractivity contribution in [1.29, 1.82) is 0 Å². The zero-order valence-corrected chi connectivity index (χ0v) is 52.7. The molecule has 3 aromatic carbocycles. The maximum Gasteiger partial charge on any atom is 0.247 e. The van der Waals surface area contributed by atoms with Crippen LogP contribution in [0.2, 0.25) is 0 Å². The smallest absolute Gasteiger partial charge is 0.247 e. The number of nitrogens with one attached hydrogen (secondary N) is 8. The number of amides is 9. The highest BCUT2D eigenvalue weighted by Gasteiger charge is 2.36. The van der Waals surface area contributed by atoms with Crippen LogP contribution >= 0.6 is 0 Å². The molecule has 4 rings (SSSR count). The van der Waals surface area contributed by atoms with E-state index in [-0.39, 0.29) is 147 Å². The lowest BCUT2D eigenvalue weighted by Crippen LogP contribution is -2.60. The third-order valence-electron chi connectivity index (χ3n) is 14.3. The summed E-state index contributed by atoms with van der Waals surface area (Å²) >= 11 is 0. The van der Waals surface area contributed by atoms with E-state index in [2.05, 4.69) is 62.5 Å². The number of hydrogen-bond acceptors (Lipinski definition) is 16. The standard InChI is InChI=1S/C61H91N21O12/c1-36(50(62)85)31-41(83)35-94-30-29-93-28-27-71-49(84)22-21-46-55(90)81-47(33-37-11-3-2-4-12-37)57(92)82-48(34-38-19-20-39-13-5-6-14-40(39)32-38)56(91)79-45(18-10-26-75-61(69)70)53(88)77-43(16-8-24-73-59(65)66)51(86)76-42(15-7-23-72-58(63)64)52(87)78-44(54(89)80-46)17-9-25-74-60(67)68/h2-6,8,11-14,16,19-20,32,36,42-48H,7,9-10,15,17-18,21-31,33-35H2,1H3,(H2,62,85)(H,71,84)(H,76,86)(H,77,88)(H,78,87)(H,79,91)(H,80,89)(H,81,90)(H,82,92)(H4,63,64,72)(H4,65,66,73)(H4,67,68,74)(H4,69,70,75)/b16-8+/t36-,42+,43-,44-,45+,46+,47?,48+/m1/s1. The number of ketones is 1. The Hall–Kier alpha value is -10.4. The van der Waals surface area contributed by atoms with Crippen LogP contribution in [0.4, 0.5) is 0 Å². The van der Waals surface area contributed by atoms with Crippen LogP contribution in [0, 0.1) is 5.92 Å². The molecule has 0 radical (unpaired) electrons. The van der Waals surface area contributed by atoms with Gasteiger partial charge in [0.15, 0.2) is 29.6 Å². The van der Waals surface area contributed by atoms with Gasteiger partial charge in [0.05, 0.1) is 26.4 Å². The first-order valence-corrected chi connectivity index (χ1v) is 30.6. The molecule has 1 fully saturated rings. The van der Waals surface area contributed by atoms with E-state index in [0.717, 1.165) is 10.8 Å². The lowest BCUT2D eigenvalue weighted by atomic mass is 9.99. The monoisotopic (exact) mass is 1310 g/mol. The second-order valence-corrected chi connectivity index (χ2v) is 22.1. The minimum Gasteiger partial charge on any atom is -0.377 e. The number of primary amides is 1. The number of Topliss-reactive ketones (excluding diaryl/α,β-unsaturated/α-hetero) is 1. The summed E-state index contributed by atoms with van der Waals surface area (Å²) in [6, 6.07) is 10.7. The average Bonchev–Trinajstić information content (AvgIpc) is 1.11. The topological polar surface area (TPSA) is 569 Å². The first-order valence-electron chi connectivity index (χ1n) is 30.6. The third-order valence-corrected chi connectivity index (χ3v) is 14.3. The van der Waals surface area contributed by atoms with E-state index in [9.17, 15) is 33.6 Å². The van der Waals surface area contributed by atoms with Gasteiger partial charge in [0.2, 0.25) is 53.2 Å². The van der Waals surface area contributed by atoms with Crippen LogP contribution < -0.4 is 94.1 Å². The highest BCUT2D eigenvalue weighted by Crippen LogP contribution is 2.18. The van der Waals surface area contributed by atoms with Crippen molar-refractivity contribution in [3.05, 3.63) is 96.1 Å². The van der Waals surface area contributed by atoms with E-state index in [1.54, 1.807) is 36.4 Å². The number of rotatable bonds is 33. The molecular formula is C61H91N21O12. The number of nitrogens with two attached hydrogens (primary N) is 9. The Morgan fingerprint density at radius 1 is 0.500 bits per heavy atom. The Morgan fingerprint density at radius 3 is 1.47 bits per heavy atom. The molecule has 8 atom stereocenters. The molecule has 1 aliphatic rings. The largest absolute Gasteiger partial charge is 0.377 e. The van der Waals surface area contributed by atoms with Gasteiger partial charge in [-0.05, 0) is 66.8 Å². The van der Waals surface area contributed by atoms with Crippen LogP contribution in [0.3, 0.4) is 0 Å². The van der Waals surface area contributed by atoms with E-state index < -0.39 is 114 Å². The molecule has 1 heterocycles. The number of hydrogen-bond donors (Lipinski definition) is 17. The van der Waals surface area contributed by atoms with E-state index in [1.807, 2.05) is 36.4 Å². The van der Waals surface area contributed by atoms with Gasteiger partial charge in [0, 0.05) is 57.8 Å². The van der Waals surface area contributed by atoms with Crippen LogP contribution in [0.1, 0.15) is 75.8 Å². The number of ether oxygens (including phenoxy) is 2. The van der Waals surface area contributed by atoms with Gasteiger partial charge in [0.25, 0.3) is 0 Å². The van der Waals surface area contributed by atoms with Crippen LogP contribution in [0.25, 0.3) is 10.8 Å². The van der Waals surface area contributed by atoms with E-state index in [4.69, 9.17) is 61.1 Å². The van der Waals surface area contributed by atoms with Gasteiger partial charge in [-0.25, -0.2) is 4.99 Å². The summed E-state index contributed by atoms with van der Waals surface area (Å²) in [6.45, 7) is 1.09. The Bertz CT molecular complexity index is 3180. The Morgan fingerprint density at radius 2 is 0.947 bits per heavy atom. The predicted octanol–water partition coefficient (Wildman–Crippen LogP) is -4.97. The van der Waals surface area contributed by atoms with Gasteiger partial charge in [-0.15, -0.1) is 0 Å². The zero-order valence-electron chi connectivity index (χ0n) is 52.7. The molecule has 0 aromatic heterocycles. The van der Waals surface area contributed by atoms with Crippen molar-refractivity contribution in [2.75, 3.05) is 59.2 Å². The Kier molecular flexibility index (Phi) is 33.3. The maximum atomic E-state index is 15.1. The fourth-order valence-corrected chi connectivity index (χ4v) is 9.42. The molecule has 0 saturated carbocycles. The summed E-state index contributed by atoms with van der Waals surface area (Å²) in [7, 11) is 0. The molecule has 0 spiro atoms. The van der Waals surface area contributed by atoms with Crippen molar-refractivity contribution in [3.63, 3.8) is 0 Å². The average molecular weight is 1310 g/mol. The summed E-state index contributed by atoms with van der Waals surface area (Å²) in [5.41, 5.74) is 51.2. The number of benzene rings is 3. The van der Waals surface area contributed by atoms with Crippen molar-refractivity contribution in [2.24, 2.45) is 77.5 Å². The number of carbonyl (C=O) groups is 10. The van der Waals surface area contributed by atoms with Crippen molar-refractivity contribution in [1.82, 2.24) is 42.5 Å². The maximum absolute atomic E-state index is 15.1. The molecule has 1 unspecified atom stereocenters. The van der Waals surface area contributed by atoms with Crippen molar-refractivity contribution in [2.45, 2.75) is 120 Å². The number of carbonyl (C=O) groups excluding carboxylic acids is 10. The zero-order chi connectivity index (χ0) is 69.0. The van der Waals surface area contributed by atoms with E-state index in [1.165, 1.54) is 19.1 Å². The van der Waals surface area contributed by atoms with E-state index in [0.29, 0.717) is 11.1 Å². The first-order chi connectivity index (χ1) is 44.9. The number of fused-ring (bicyclic) bond motifs is 1. The number of nitrogens with zero attached hydrogens (tertiary/aromatic N) is 4. The van der Waals surface area contributed by atoms with Gasteiger partial charge in [0.1, 0.15) is 48.9 Å². The molecule has 512 valence electrons. The predicted molar refractivity (Wildman–Crippen MR) is 353 cm³/mol. The molecule has 1 aliphatic heterocycles. The summed E-state index contributed by atoms with van der Waals surface area (Å²) in [4.78, 5) is 157. The molecule has 9 amide bonds. The highest BCUT2D eigenvalue weighted by molar-refractivity contribution is 5.99. The molecule has 33 heteroatoms. The summed E-state index contributed by atoms with van der Waals surface area (Å²) in [5.74, 6) is -9.72. The normalized spacial score (nSPS) is 19.6. The number of aliphatic imine (C=N–C) groups is 4. The summed E-state index contributed by atoms with van der Waals surface area (Å²) in [6.07, 6.45) is 1.14. The fourth-order valence-electron chi connectivity index (χ4n) is 9.42. The molecule has 26 N–H and O–H groups in total. The van der Waals surface area contributed by atoms with Gasteiger partial charge in [-0.2, -0.15) is 0 Å². The second kappa shape index (κ2) is 41.1. The molecule has 1 saturated heterocycles. The number of guanidine groups is 4. The second-order valence-electron chi connectivity index (χ2n) is 22.1. The lowest BCUT2D eigenvalue weighted by Gasteiger charge is -2.28. The minimum absolute atomic E-state index is 0.000778. The first kappa shape index (κ1) is 76.0. The van der Waals surface area contributed by atoms with Crippen molar-refractivity contribution < 1.29 is 57.4 Å². The fraction of sp³-hybridized carbons (Fsp3) is 0.475. The highest BCUT2D eigenvalue weighted by atomic mass is 16.5. The Labute approximate surface area is 544 Å². The van der Waals surface area contributed by atoms with Gasteiger partial charge >= 0.3 is 0 Å². The van der Waals surface area contributed by atoms with Crippen LogP contribution in [-0.2, 0) is 70.3 Å². The molecule has 0 aliphatic carbocycles. The van der Waals surface area contributed by atoms with Gasteiger partial charge in [-0.3, -0.25) is 62.9 Å². The van der Waals surface area contributed by atoms with Crippen LogP contribution in [0.15, 0.2) is 105 Å². The Balaban J connectivity index is 1.85. The lowest BCUT2D eigenvalue weighted by molar-refractivity contribution is -0.135. The summed E-state index contributed by atoms with van der Waals surface area (Å²) < 4.78 is 10.9. The van der Waals surface area contributed by atoms with Gasteiger partial charge < -0.3 is 104 Å². The molecule has 3 aromatic rings. The molecule has 0 bridgehead atoms. The molecule has 33 nitrogen and oxygen atoms in total. The third kappa shape index (κ3) is 29.7. The van der Waals surface area contributed by atoms with Crippen LogP contribution in [-0.4, -0.2) is 184 Å². The van der Waals surface area contributed by atoms with E-state index >= 15 is 14.4 Å². The quantitative estimate of drug-likeness (QED) is 0.0118. The summed E-state index contributed by atoms with van der Waals surface area (Å²) in [5, 5.41) is 23.3. The van der Waals surface area contributed by atoms with Gasteiger partial charge in [-0.1, -0.05) is 91.9 Å². The molecular weight excluding hydrogens is 1220 g/mol.